The highest BCUT2D eigenvalue weighted by atomic mass is 16.5. The van der Waals surface area contributed by atoms with E-state index in [1.807, 2.05) is 30.3 Å². The Morgan fingerprint density at radius 2 is 1.95 bits per heavy atom. The van der Waals surface area contributed by atoms with Crippen LogP contribution in [0.1, 0.15) is 32.8 Å². The predicted octanol–water partition coefficient (Wildman–Crippen LogP) is 2.54. The topological polar surface area (TPSA) is 55.8 Å². The lowest BCUT2D eigenvalue weighted by Gasteiger charge is -2.28. The molecule has 0 aromatic heterocycles. The summed E-state index contributed by atoms with van der Waals surface area (Å²) in [5.74, 6) is -0.379. The first-order valence-electron chi connectivity index (χ1n) is 6.95. The molecule has 0 saturated carbocycles. The van der Waals surface area contributed by atoms with Gasteiger partial charge in [0.2, 0.25) is 0 Å². The molecular weight excluding hydrogens is 256 g/mol. The van der Waals surface area contributed by atoms with Crippen LogP contribution in [0.5, 0.6) is 0 Å². The summed E-state index contributed by atoms with van der Waals surface area (Å²) in [6.07, 6.45) is -0.379. The molecule has 0 aliphatic carbocycles. The van der Waals surface area contributed by atoms with Crippen molar-refractivity contribution < 1.29 is 19.4 Å². The van der Waals surface area contributed by atoms with Gasteiger partial charge in [-0.2, -0.15) is 0 Å². The largest absolute Gasteiger partial charge is 0.466 e. The molecule has 1 rings (SSSR count). The lowest BCUT2D eigenvalue weighted by molar-refractivity contribution is -0.160. The molecule has 0 aliphatic heterocycles. The van der Waals surface area contributed by atoms with Crippen molar-refractivity contribution in [2.24, 2.45) is 5.41 Å². The van der Waals surface area contributed by atoms with Gasteiger partial charge in [0.25, 0.3) is 0 Å². The van der Waals surface area contributed by atoms with Crippen molar-refractivity contribution in [2.45, 2.75) is 39.9 Å². The van der Waals surface area contributed by atoms with Crippen LogP contribution in [0, 0.1) is 5.41 Å². The number of hydrogen-bond donors (Lipinski definition) is 1. The minimum atomic E-state index is -0.911. The predicted molar refractivity (Wildman–Crippen MR) is 77.1 cm³/mol. The maximum Gasteiger partial charge on any atom is 0.314 e. The number of carbonyl (C=O) groups is 1. The van der Waals surface area contributed by atoms with E-state index in [1.165, 1.54) is 0 Å². The van der Waals surface area contributed by atoms with Crippen LogP contribution in [0.3, 0.4) is 0 Å². The van der Waals surface area contributed by atoms with Crippen LogP contribution < -0.4 is 0 Å². The lowest BCUT2D eigenvalue weighted by Crippen LogP contribution is -2.39. The molecule has 20 heavy (non-hydrogen) atoms. The number of esters is 1. The smallest absolute Gasteiger partial charge is 0.314 e. The van der Waals surface area contributed by atoms with Crippen molar-refractivity contribution >= 4 is 5.97 Å². The summed E-state index contributed by atoms with van der Waals surface area (Å²) in [4.78, 5) is 11.7. The highest BCUT2D eigenvalue weighted by molar-refractivity contribution is 5.76. The van der Waals surface area contributed by atoms with Gasteiger partial charge in [0, 0.05) is 6.61 Å². The molecule has 4 nitrogen and oxygen atoms in total. The van der Waals surface area contributed by atoms with Gasteiger partial charge < -0.3 is 14.6 Å². The summed E-state index contributed by atoms with van der Waals surface area (Å²) in [5, 5.41) is 10.1. The number of carbonyl (C=O) groups excluding carboxylic acids is 1. The Bertz CT molecular complexity index is 400. The first kappa shape index (κ1) is 16.7. The zero-order valence-electron chi connectivity index (χ0n) is 12.5. The normalized spacial score (nSPS) is 13.0. The minimum absolute atomic E-state index is 0.319. The fourth-order valence-corrected chi connectivity index (χ4v) is 1.77. The maximum absolute atomic E-state index is 11.7. The number of hydrogen-bond acceptors (Lipinski definition) is 4. The van der Waals surface area contributed by atoms with E-state index >= 15 is 0 Å². The number of aliphatic hydroxyl groups is 1. The van der Waals surface area contributed by atoms with Gasteiger partial charge in [0.05, 0.1) is 24.7 Å². The van der Waals surface area contributed by atoms with Crippen molar-refractivity contribution in [1.82, 2.24) is 0 Å². The van der Waals surface area contributed by atoms with Crippen molar-refractivity contribution in [2.75, 3.05) is 13.2 Å². The number of aliphatic hydroxyl groups excluding tert-OH is 1. The van der Waals surface area contributed by atoms with Gasteiger partial charge in [-0.1, -0.05) is 30.3 Å². The Morgan fingerprint density at radius 1 is 1.30 bits per heavy atom. The summed E-state index contributed by atoms with van der Waals surface area (Å²) in [7, 11) is 0. The second-order valence-electron chi connectivity index (χ2n) is 5.28. The van der Waals surface area contributed by atoms with E-state index in [1.54, 1.807) is 20.8 Å². The molecule has 1 aromatic rings. The SMILES string of the molecule is CCOC(=O)C(C)(C)C(O)CCOCc1ccccc1. The Balaban J connectivity index is 2.32. The second-order valence-corrected chi connectivity index (χ2v) is 5.28. The number of rotatable bonds is 8. The summed E-state index contributed by atoms with van der Waals surface area (Å²) in [5.41, 5.74) is 0.179. The molecule has 0 radical (unpaired) electrons. The van der Waals surface area contributed by atoms with Crippen molar-refractivity contribution in [3.63, 3.8) is 0 Å². The molecule has 1 unspecified atom stereocenters. The highest BCUT2D eigenvalue weighted by Crippen LogP contribution is 2.25. The van der Waals surface area contributed by atoms with Crippen LogP contribution in [-0.2, 0) is 20.9 Å². The van der Waals surface area contributed by atoms with Crippen LogP contribution in [0.25, 0.3) is 0 Å². The van der Waals surface area contributed by atoms with Crippen LogP contribution in [-0.4, -0.2) is 30.4 Å². The Hall–Kier alpha value is -1.39. The zero-order valence-corrected chi connectivity index (χ0v) is 12.5. The average Bonchev–Trinajstić information content (AvgIpc) is 2.44. The standard InChI is InChI=1S/C16H24O4/c1-4-20-15(18)16(2,3)14(17)10-11-19-12-13-8-6-5-7-9-13/h5-9,14,17H,4,10-12H2,1-3H3. The molecule has 112 valence electrons. The van der Waals surface area contributed by atoms with Gasteiger partial charge in [-0.15, -0.1) is 0 Å². The molecule has 0 fully saturated rings. The monoisotopic (exact) mass is 280 g/mol. The third-order valence-electron chi connectivity index (χ3n) is 3.28. The molecule has 4 heteroatoms. The van der Waals surface area contributed by atoms with Crippen LogP contribution in [0.4, 0.5) is 0 Å². The van der Waals surface area contributed by atoms with Gasteiger partial charge in [0.1, 0.15) is 0 Å². The van der Waals surface area contributed by atoms with Crippen LogP contribution >= 0.6 is 0 Å². The summed E-state index contributed by atoms with van der Waals surface area (Å²) < 4.78 is 10.5. The van der Waals surface area contributed by atoms with Gasteiger partial charge in [-0.3, -0.25) is 4.79 Å². The van der Waals surface area contributed by atoms with Gasteiger partial charge >= 0.3 is 5.97 Å². The molecule has 0 saturated heterocycles. The third kappa shape index (κ3) is 4.94. The van der Waals surface area contributed by atoms with Gasteiger partial charge in [-0.05, 0) is 32.8 Å². The molecule has 1 aromatic carbocycles. The van der Waals surface area contributed by atoms with Crippen molar-refractivity contribution in [3.8, 4) is 0 Å². The van der Waals surface area contributed by atoms with Gasteiger partial charge in [-0.25, -0.2) is 0 Å². The molecule has 0 amide bonds. The molecule has 0 spiro atoms. The quantitative estimate of drug-likeness (QED) is 0.587. The summed E-state index contributed by atoms with van der Waals surface area (Å²) >= 11 is 0. The first-order chi connectivity index (χ1) is 9.48. The van der Waals surface area contributed by atoms with Crippen molar-refractivity contribution in [1.29, 1.82) is 0 Å². The number of benzene rings is 1. The van der Waals surface area contributed by atoms with Gasteiger partial charge in [0.15, 0.2) is 0 Å². The Kier molecular flexibility index (Phi) is 6.68. The molecule has 0 aliphatic rings. The molecule has 1 atom stereocenters. The first-order valence-corrected chi connectivity index (χ1v) is 6.95. The van der Waals surface area contributed by atoms with E-state index in [-0.39, 0.29) is 5.97 Å². The van der Waals surface area contributed by atoms with E-state index in [4.69, 9.17) is 9.47 Å². The second kappa shape index (κ2) is 8.02. The maximum atomic E-state index is 11.7. The summed E-state index contributed by atoms with van der Waals surface area (Å²) in [6.45, 7) is 6.36. The number of ether oxygens (including phenoxy) is 2. The van der Waals surface area contributed by atoms with E-state index in [9.17, 15) is 9.90 Å². The van der Waals surface area contributed by atoms with Crippen LogP contribution in [0.15, 0.2) is 30.3 Å². The Morgan fingerprint density at radius 3 is 2.55 bits per heavy atom. The van der Waals surface area contributed by atoms with E-state index in [0.29, 0.717) is 26.2 Å². The molecular formula is C16H24O4. The van der Waals surface area contributed by atoms with Crippen molar-refractivity contribution in [3.05, 3.63) is 35.9 Å². The van der Waals surface area contributed by atoms with E-state index in [2.05, 4.69) is 0 Å². The third-order valence-corrected chi connectivity index (χ3v) is 3.28. The fourth-order valence-electron chi connectivity index (χ4n) is 1.77. The van der Waals surface area contributed by atoms with E-state index < -0.39 is 11.5 Å². The molecule has 1 N–H and O–H groups in total. The highest BCUT2D eigenvalue weighted by Gasteiger charge is 2.36. The minimum Gasteiger partial charge on any atom is -0.466 e. The molecule has 0 bridgehead atoms. The lowest BCUT2D eigenvalue weighted by atomic mass is 9.85. The fraction of sp³-hybridized carbons (Fsp3) is 0.562. The zero-order chi connectivity index (χ0) is 15.0. The van der Waals surface area contributed by atoms with E-state index in [0.717, 1.165) is 5.56 Å². The summed E-state index contributed by atoms with van der Waals surface area (Å²) in [6, 6.07) is 9.84. The Labute approximate surface area is 120 Å². The molecule has 0 heterocycles. The average molecular weight is 280 g/mol. The van der Waals surface area contributed by atoms with Crippen LogP contribution in [0.2, 0.25) is 0 Å².